The van der Waals surface area contributed by atoms with E-state index in [0.29, 0.717) is 5.92 Å². The molecule has 0 bridgehead atoms. The number of methoxy groups -OCH3 is 1. The van der Waals surface area contributed by atoms with E-state index in [9.17, 15) is 4.79 Å². The molecule has 2 aromatic rings. The lowest BCUT2D eigenvalue weighted by molar-refractivity contribution is -0.133. The molecule has 27 heavy (non-hydrogen) atoms. The zero-order valence-electron chi connectivity index (χ0n) is 16.5. The van der Waals surface area contributed by atoms with Gasteiger partial charge in [0.05, 0.1) is 6.04 Å². The number of hydrogen-bond donors (Lipinski definition) is 2. The van der Waals surface area contributed by atoms with Crippen LogP contribution in [0.3, 0.4) is 0 Å². The summed E-state index contributed by atoms with van der Waals surface area (Å²) in [5.74, 6) is 0.499. The van der Waals surface area contributed by atoms with Crippen molar-refractivity contribution in [1.29, 1.82) is 0 Å². The molecule has 4 heteroatoms. The van der Waals surface area contributed by atoms with Crippen molar-refractivity contribution in [1.82, 2.24) is 5.32 Å². The van der Waals surface area contributed by atoms with Crippen molar-refractivity contribution in [2.45, 2.75) is 63.6 Å². The molecule has 1 fully saturated rings. The zero-order chi connectivity index (χ0) is 19.2. The Bertz CT molecular complexity index is 755. The molecule has 3 N–H and O–H groups in total. The Hall–Kier alpha value is -1.91. The van der Waals surface area contributed by atoms with E-state index in [4.69, 9.17) is 10.5 Å². The number of rotatable bonds is 7. The van der Waals surface area contributed by atoms with E-state index < -0.39 is 6.10 Å². The number of carbonyl (C=O) groups is 1. The molecule has 0 spiro atoms. The third-order valence-electron chi connectivity index (χ3n) is 5.86. The first-order valence-corrected chi connectivity index (χ1v) is 10.2. The van der Waals surface area contributed by atoms with E-state index in [1.54, 1.807) is 7.11 Å². The van der Waals surface area contributed by atoms with Crippen molar-refractivity contribution in [2.24, 2.45) is 11.7 Å². The minimum absolute atomic E-state index is 0.0957. The Morgan fingerprint density at radius 2 is 1.85 bits per heavy atom. The van der Waals surface area contributed by atoms with Crippen LogP contribution in [-0.2, 0) is 9.53 Å². The Labute approximate surface area is 162 Å². The molecule has 146 valence electrons. The molecule has 0 saturated heterocycles. The standard InChI is InChI=1S/C23H32N2O2/c1-16(19-13-12-18-10-6-7-11-20(18)15-19)25-23(26)22(27-2)21(24)14-17-8-4-3-5-9-17/h6-7,10-13,15-17,21-22H,3-5,8-9,14,24H2,1-2H3,(H,25,26)/t16-,21+,22?/m0/s1. The van der Waals surface area contributed by atoms with Gasteiger partial charge in [-0.25, -0.2) is 0 Å². The number of benzene rings is 2. The van der Waals surface area contributed by atoms with Crippen LogP contribution in [-0.4, -0.2) is 25.2 Å². The monoisotopic (exact) mass is 368 g/mol. The molecule has 1 aliphatic carbocycles. The number of carbonyl (C=O) groups excluding carboxylic acids is 1. The minimum Gasteiger partial charge on any atom is -0.370 e. The van der Waals surface area contributed by atoms with Crippen LogP contribution in [0.25, 0.3) is 10.8 Å². The molecule has 0 aliphatic heterocycles. The van der Waals surface area contributed by atoms with Gasteiger partial charge < -0.3 is 15.8 Å². The van der Waals surface area contributed by atoms with Gasteiger partial charge in [-0.1, -0.05) is 68.5 Å². The van der Waals surface area contributed by atoms with E-state index in [1.165, 1.54) is 42.9 Å². The fourth-order valence-electron chi connectivity index (χ4n) is 4.26. The molecule has 1 amide bonds. The van der Waals surface area contributed by atoms with Gasteiger partial charge in [-0.3, -0.25) is 4.79 Å². The van der Waals surface area contributed by atoms with Gasteiger partial charge in [0, 0.05) is 13.2 Å². The average molecular weight is 369 g/mol. The third-order valence-corrected chi connectivity index (χ3v) is 5.86. The molecular weight excluding hydrogens is 336 g/mol. The van der Waals surface area contributed by atoms with Gasteiger partial charge in [-0.15, -0.1) is 0 Å². The number of fused-ring (bicyclic) bond motifs is 1. The van der Waals surface area contributed by atoms with E-state index >= 15 is 0 Å². The zero-order valence-corrected chi connectivity index (χ0v) is 16.5. The second kappa shape index (κ2) is 9.34. The summed E-state index contributed by atoms with van der Waals surface area (Å²) in [5, 5.41) is 5.46. The third kappa shape index (κ3) is 5.08. The highest BCUT2D eigenvalue weighted by molar-refractivity contribution is 5.84. The number of ether oxygens (including phenoxy) is 1. The summed E-state index contributed by atoms with van der Waals surface area (Å²) in [5.41, 5.74) is 7.44. The molecule has 0 radical (unpaired) electrons. The number of nitrogens with two attached hydrogens (primary N) is 1. The van der Waals surface area contributed by atoms with Gasteiger partial charge in [-0.05, 0) is 41.7 Å². The van der Waals surface area contributed by atoms with Crippen LogP contribution < -0.4 is 11.1 Å². The Morgan fingerprint density at radius 1 is 1.15 bits per heavy atom. The first-order valence-electron chi connectivity index (χ1n) is 10.2. The maximum atomic E-state index is 12.8. The molecule has 2 aromatic carbocycles. The number of hydrogen-bond acceptors (Lipinski definition) is 3. The summed E-state index contributed by atoms with van der Waals surface area (Å²) in [6.07, 6.45) is 6.58. The second-order valence-corrected chi connectivity index (χ2v) is 7.90. The molecule has 4 nitrogen and oxygen atoms in total. The van der Waals surface area contributed by atoms with Crippen LogP contribution >= 0.6 is 0 Å². The highest BCUT2D eigenvalue weighted by Crippen LogP contribution is 2.28. The van der Waals surface area contributed by atoms with E-state index in [1.807, 2.05) is 19.1 Å². The van der Waals surface area contributed by atoms with Gasteiger partial charge in [-0.2, -0.15) is 0 Å². The molecule has 0 aromatic heterocycles. The fraction of sp³-hybridized carbons (Fsp3) is 0.522. The molecule has 1 unspecified atom stereocenters. The first kappa shape index (κ1) is 19.8. The lowest BCUT2D eigenvalue weighted by Gasteiger charge is -2.29. The van der Waals surface area contributed by atoms with Gasteiger partial charge in [0.15, 0.2) is 6.10 Å². The van der Waals surface area contributed by atoms with Gasteiger partial charge in [0.2, 0.25) is 0 Å². The van der Waals surface area contributed by atoms with E-state index in [0.717, 1.165) is 12.0 Å². The van der Waals surface area contributed by atoms with Crippen molar-refractivity contribution >= 4 is 16.7 Å². The average Bonchev–Trinajstić information content (AvgIpc) is 2.68. The molecular formula is C23H32N2O2. The second-order valence-electron chi connectivity index (χ2n) is 7.90. The van der Waals surface area contributed by atoms with Crippen LogP contribution in [0.5, 0.6) is 0 Å². The molecule has 0 heterocycles. The highest BCUT2D eigenvalue weighted by atomic mass is 16.5. The SMILES string of the molecule is COC(C(=O)N[C@@H](C)c1ccc2ccccc2c1)[C@H](N)CC1CCCCC1. The first-order chi connectivity index (χ1) is 13.1. The van der Waals surface area contributed by atoms with Crippen molar-refractivity contribution in [3.63, 3.8) is 0 Å². The molecule has 1 aliphatic rings. The van der Waals surface area contributed by atoms with E-state index in [-0.39, 0.29) is 18.0 Å². The summed E-state index contributed by atoms with van der Waals surface area (Å²) < 4.78 is 5.49. The van der Waals surface area contributed by atoms with Crippen molar-refractivity contribution in [3.05, 3.63) is 48.0 Å². The summed E-state index contributed by atoms with van der Waals surface area (Å²) in [7, 11) is 1.58. The van der Waals surface area contributed by atoms with Crippen molar-refractivity contribution < 1.29 is 9.53 Å². The number of nitrogens with one attached hydrogen (secondary N) is 1. The fourth-order valence-corrected chi connectivity index (χ4v) is 4.26. The van der Waals surface area contributed by atoms with Gasteiger partial charge >= 0.3 is 0 Å². The lowest BCUT2D eigenvalue weighted by atomic mass is 9.84. The Balaban J connectivity index is 1.62. The summed E-state index contributed by atoms with van der Waals surface area (Å²) in [6, 6.07) is 14.2. The van der Waals surface area contributed by atoms with Crippen LogP contribution in [0, 0.1) is 5.92 Å². The summed E-state index contributed by atoms with van der Waals surface area (Å²) >= 11 is 0. The quantitative estimate of drug-likeness (QED) is 0.764. The smallest absolute Gasteiger partial charge is 0.251 e. The summed E-state index contributed by atoms with van der Waals surface area (Å²) in [6.45, 7) is 2.00. The van der Waals surface area contributed by atoms with Crippen LogP contribution in [0.2, 0.25) is 0 Å². The molecule has 3 rings (SSSR count). The van der Waals surface area contributed by atoms with Crippen LogP contribution in [0.15, 0.2) is 42.5 Å². The normalized spacial score (nSPS) is 18.8. The van der Waals surface area contributed by atoms with Crippen LogP contribution in [0.1, 0.15) is 57.1 Å². The lowest BCUT2D eigenvalue weighted by Crippen LogP contribution is -2.48. The van der Waals surface area contributed by atoms with Crippen LogP contribution in [0.4, 0.5) is 0 Å². The maximum absolute atomic E-state index is 12.8. The van der Waals surface area contributed by atoms with Gasteiger partial charge in [0.25, 0.3) is 5.91 Å². The van der Waals surface area contributed by atoms with Gasteiger partial charge in [0.1, 0.15) is 0 Å². The Kier molecular flexibility index (Phi) is 6.86. The maximum Gasteiger partial charge on any atom is 0.251 e. The highest BCUT2D eigenvalue weighted by Gasteiger charge is 2.29. The largest absolute Gasteiger partial charge is 0.370 e. The predicted molar refractivity (Wildman–Crippen MR) is 110 cm³/mol. The molecule has 3 atom stereocenters. The minimum atomic E-state index is -0.602. The summed E-state index contributed by atoms with van der Waals surface area (Å²) in [4.78, 5) is 12.8. The number of amides is 1. The van der Waals surface area contributed by atoms with Crippen molar-refractivity contribution in [3.8, 4) is 0 Å². The predicted octanol–water partition coefficient (Wildman–Crippen LogP) is 4.33. The Morgan fingerprint density at radius 3 is 2.56 bits per heavy atom. The molecule has 1 saturated carbocycles. The topological polar surface area (TPSA) is 64.3 Å². The van der Waals surface area contributed by atoms with E-state index in [2.05, 4.69) is 35.6 Å². The van der Waals surface area contributed by atoms with Crippen molar-refractivity contribution in [2.75, 3.05) is 7.11 Å².